The van der Waals surface area contributed by atoms with Gasteiger partial charge < -0.3 is 15.2 Å². The van der Waals surface area contributed by atoms with Gasteiger partial charge in [0.05, 0.1) is 10.6 Å². The van der Waals surface area contributed by atoms with Gasteiger partial charge in [0.1, 0.15) is 5.75 Å². The minimum absolute atomic E-state index is 0.0443. The molecule has 0 spiro atoms. The van der Waals surface area contributed by atoms with E-state index in [-0.39, 0.29) is 12.5 Å². The van der Waals surface area contributed by atoms with Crippen LogP contribution in [0.1, 0.15) is 35.4 Å². The maximum atomic E-state index is 12.0. The lowest BCUT2D eigenvalue weighted by molar-refractivity contribution is -0.118. The number of amides is 1. The van der Waals surface area contributed by atoms with Crippen molar-refractivity contribution >= 4 is 22.2 Å². The van der Waals surface area contributed by atoms with Crippen LogP contribution in [0.4, 0.5) is 5.00 Å². The molecule has 1 amide bonds. The minimum atomic E-state index is -0.887. The average Bonchev–Trinajstić information content (AvgIpc) is 2.72. The van der Waals surface area contributed by atoms with Crippen LogP contribution in [0, 0.1) is 20.8 Å². The molecule has 2 rings (SSSR count). The summed E-state index contributed by atoms with van der Waals surface area (Å²) in [5.41, 5.74) is 2.24. The zero-order chi connectivity index (χ0) is 17.2. The maximum absolute atomic E-state index is 12.0. The second-order valence-corrected chi connectivity index (χ2v) is 7.38. The van der Waals surface area contributed by atoms with Gasteiger partial charge in [0.25, 0.3) is 5.91 Å². The summed E-state index contributed by atoms with van der Waals surface area (Å²) in [5.74, 6) is 0.421. The first-order valence-corrected chi connectivity index (χ1v) is 8.32. The summed E-state index contributed by atoms with van der Waals surface area (Å²) in [4.78, 5) is 13.2. The van der Waals surface area contributed by atoms with Crippen LogP contribution in [-0.4, -0.2) is 17.6 Å². The molecule has 0 radical (unpaired) electrons. The van der Waals surface area contributed by atoms with Gasteiger partial charge in [-0.25, -0.2) is 0 Å². The van der Waals surface area contributed by atoms with Gasteiger partial charge in [-0.15, -0.1) is 11.3 Å². The molecule has 5 heteroatoms. The predicted molar refractivity (Wildman–Crippen MR) is 94.3 cm³/mol. The van der Waals surface area contributed by atoms with E-state index in [9.17, 15) is 9.90 Å². The highest BCUT2D eigenvalue weighted by molar-refractivity contribution is 7.16. The molecule has 23 heavy (non-hydrogen) atoms. The van der Waals surface area contributed by atoms with Crippen molar-refractivity contribution in [1.29, 1.82) is 0 Å². The van der Waals surface area contributed by atoms with Gasteiger partial charge in [0.15, 0.2) is 6.61 Å². The molecule has 0 saturated heterocycles. The third-order valence-corrected chi connectivity index (χ3v) is 5.09. The van der Waals surface area contributed by atoms with Crippen molar-refractivity contribution < 1.29 is 14.6 Å². The molecule has 0 aliphatic rings. The smallest absolute Gasteiger partial charge is 0.262 e. The van der Waals surface area contributed by atoms with E-state index in [0.29, 0.717) is 5.75 Å². The lowest BCUT2D eigenvalue weighted by atomic mass is 9.99. The van der Waals surface area contributed by atoms with Gasteiger partial charge in [0, 0.05) is 4.88 Å². The summed E-state index contributed by atoms with van der Waals surface area (Å²) in [6, 6.07) is 7.10. The summed E-state index contributed by atoms with van der Waals surface area (Å²) >= 11 is 1.58. The number of ether oxygens (including phenoxy) is 1. The first-order valence-electron chi connectivity index (χ1n) is 7.50. The first-order chi connectivity index (χ1) is 10.7. The normalized spacial score (nSPS) is 11.4. The molecule has 2 aromatic rings. The van der Waals surface area contributed by atoms with Crippen molar-refractivity contribution in [3.05, 3.63) is 45.8 Å². The van der Waals surface area contributed by atoms with Crippen LogP contribution in [0.25, 0.3) is 0 Å². The molecule has 0 bridgehead atoms. The Bertz CT molecular complexity index is 696. The number of anilines is 1. The standard InChI is InChI=1S/C18H23NO3S/c1-11-12(2)17(23-13(11)3)19-16(20)10-22-15-8-6-14(7-9-15)18(4,5)21/h6-9,21H,10H2,1-5H3,(H,19,20). The molecule has 0 fully saturated rings. The Morgan fingerprint density at radius 2 is 1.78 bits per heavy atom. The molecule has 2 N–H and O–H groups in total. The number of aryl methyl sites for hydroxylation is 1. The van der Waals surface area contributed by atoms with E-state index in [4.69, 9.17) is 4.74 Å². The molecule has 4 nitrogen and oxygen atoms in total. The number of carbonyl (C=O) groups excluding carboxylic acids is 1. The first kappa shape index (κ1) is 17.5. The van der Waals surface area contributed by atoms with Crippen LogP contribution in [0.5, 0.6) is 5.75 Å². The van der Waals surface area contributed by atoms with E-state index in [1.165, 1.54) is 10.4 Å². The Morgan fingerprint density at radius 1 is 1.17 bits per heavy atom. The topological polar surface area (TPSA) is 58.6 Å². The number of thiophene rings is 1. The van der Waals surface area contributed by atoms with E-state index in [1.807, 2.05) is 13.8 Å². The van der Waals surface area contributed by atoms with E-state index >= 15 is 0 Å². The molecule has 0 atom stereocenters. The van der Waals surface area contributed by atoms with E-state index in [0.717, 1.165) is 16.1 Å². The minimum Gasteiger partial charge on any atom is -0.484 e. The number of rotatable bonds is 5. The second kappa shape index (κ2) is 6.72. The van der Waals surface area contributed by atoms with Gasteiger partial charge in [0.2, 0.25) is 0 Å². The van der Waals surface area contributed by atoms with Crippen LogP contribution in [0.15, 0.2) is 24.3 Å². The quantitative estimate of drug-likeness (QED) is 0.872. The zero-order valence-electron chi connectivity index (χ0n) is 14.2. The largest absolute Gasteiger partial charge is 0.484 e. The molecule has 124 valence electrons. The fourth-order valence-electron chi connectivity index (χ4n) is 2.13. The highest BCUT2D eigenvalue weighted by Gasteiger charge is 2.16. The highest BCUT2D eigenvalue weighted by Crippen LogP contribution is 2.31. The Morgan fingerprint density at radius 3 is 2.26 bits per heavy atom. The van der Waals surface area contributed by atoms with Crippen molar-refractivity contribution in [2.75, 3.05) is 11.9 Å². The van der Waals surface area contributed by atoms with Crippen LogP contribution in [0.3, 0.4) is 0 Å². The molecule has 1 aromatic carbocycles. The van der Waals surface area contributed by atoms with Crippen LogP contribution < -0.4 is 10.1 Å². The molecule has 0 aliphatic heterocycles. The van der Waals surface area contributed by atoms with E-state index in [2.05, 4.69) is 12.2 Å². The van der Waals surface area contributed by atoms with Crippen molar-refractivity contribution in [3.8, 4) is 5.75 Å². The molecule has 0 unspecified atom stereocenters. The SMILES string of the molecule is Cc1sc(NC(=O)COc2ccc(C(C)(C)O)cc2)c(C)c1C. The van der Waals surface area contributed by atoms with Crippen LogP contribution in [-0.2, 0) is 10.4 Å². The third-order valence-electron chi connectivity index (χ3n) is 3.87. The average molecular weight is 333 g/mol. The molecule has 1 aromatic heterocycles. The van der Waals surface area contributed by atoms with Gasteiger partial charge in [-0.2, -0.15) is 0 Å². The van der Waals surface area contributed by atoms with Crippen LogP contribution >= 0.6 is 11.3 Å². The van der Waals surface area contributed by atoms with Gasteiger partial charge >= 0.3 is 0 Å². The number of hydrogen-bond donors (Lipinski definition) is 2. The van der Waals surface area contributed by atoms with Crippen molar-refractivity contribution in [2.24, 2.45) is 0 Å². The Hall–Kier alpha value is -1.85. The Labute approximate surface area is 141 Å². The fraction of sp³-hybridized carbons (Fsp3) is 0.389. The molecule has 0 saturated carbocycles. The van der Waals surface area contributed by atoms with Gasteiger partial charge in [-0.05, 0) is 63.4 Å². The van der Waals surface area contributed by atoms with Gasteiger partial charge in [-0.1, -0.05) is 12.1 Å². The number of hydrogen-bond acceptors (Lipinski definition) is 4. The molecular formula is C18H23NO3S. The van der Waals surface area contributed by atoms with Gasteiger partial charge in [-0.3, -0.25) is 4.79 Å². The van der Waals surface area contributed by atoms with Crippen molar-refractivity contribution in [1.82, 2.24) is 0 Å². The summed E-state index contributed by atoms with van der Waals surface area (Å²) in [6.07, 6.45) is 0. The number of benzene rings is 1. The third kappa shape index (κ3) is 4.33. The molecule has 1 heterocycles. The van der Waals surface area contributed by atoms with Crippen molar-refractivity contribution in [3.63, 3.8) is 0 Å². The van der Waals surface area contributed by atoms with E-state index in [1.54, 1.807) is 49.4 Å². The van der Waals surface area contributed by atoms with E-state index < -0.39 is 5.60 Å². The summed E-state index contributed by atoms with van der Waals surface area (Å²) in [6.45, 7) is 9.51. The lowest BCUT2D eigenvalue weighted by Gasteiger charge is -2.17. The number of carbonyl (C=O) groups is 1. The summed E-state index contributed by atoms with van der Waals surface area (Å²) in [5, 5.41) is 13.7. The fourth-order valence-corrected chi connectivity index (χ4v) is 3.21. The summed E-state index contributed by atoms with van der Waals surface area (Å²) < 4.78 is 5.50. The monoisotopic (exact) mass is 333 g/mol. The molecule has 0 aliphatic carbocycles. The maximum Gasteiger partial charge on any atom is 0.262 e. The highest BCUT2D eigenvalue weighted by atomic mass is 32.1. The van der Waals surface area contributed by atoms with Crippen molar-refractivity contribution in [2.45, 2.75) is 40.2 Å². The Balaban J connectivity index is 1.93. The Kier molecular flexibility index (Phi) is 5.12. The van der Waals surface area contributed by atoms with Crippen LogP contribution in [0.2, 0.25) is 0 Å². The lowest BCUT2D eigenvalue weighted by Crippen LogP contribution is -2.20. The number of aliphatic hydroxyl groups is 1. The predicted octanol–water partition coefficient (Wildman–Crippen LogP) is 3.92. The summed E-state index contributed by atoms with van der Waals surface area (Å²) in [7, 11) is 0. The zero-order valence-corrected chi connectivity index (χ0v) is 15.0. The molecular weight excluding hydrogens is 310 g/mol. The number of nitrogens with one attached hydrogen (secondary N) is 1. The second-order valence-electron chi connectivity index (χ2n) is 6.16.